The average molecular weight is 441 g/mol. The second-order valence-electron chi connectivity index (χ2n) is 7.61. The van der Waals surface area contributed by atoms with Crippen molar-refractivity contribution in [2.45, 2.75) is 6.04 Å². The van der Waals surface area contributed by atoms with Crippen LogP contribution in [0.25, 0.3) is 11.0 Å². The van der Waals surface area contributed by atoms with Gasteiger partial charge in [0.15, 0.2) is 11.5 Å². The maximum absolute atomic E-state index is 13.5. The Kier molecular flexibility index (Phi) is 4.86. The first-order chi connectivity index (χ1) is 16.0. The maximum atomic E-state index is 13.5. The molecule has 3 aromatic carbocycles. The quantitative estimate of drug-likeness (QED) is 0.426. The van der Waals surface area contributed by atoms with Crippen molar-refractivity contribution in [3.63, 3.8) is 0 Å². The molecule has 1 unspecified atom stereocenters. The molecule has 7 heteroatoms. The Balaban J connectivity index is 1.64. The molecule has 0 saturated heterocycles. The van der Waals surface area contributed by atoms with Gasteiger partial charge in [0.2, 0.25) is 5.78 Å². The molecule has 33 heavy (non-hydrogen) atoms. The Bertz CT molecular complexity index is 1370. The van der Waals surface area contributed by atoms with E-state index in [1.165, 1.54) is 24.1 Å². The predicted octanol–water partition coefficient (Wildman–Crippen LogP) is 4.93. The number of nitrogens with zero attached hydrogens (tertiary/aromatic N) is 1. The fourth-order valence-electron chi connectivity index (χ4n) is 4.04. The van der Waals surface area contributed by atoms with Crippen LogP contribution < -0.4 is 9.64 Å². The van der Waals surface area contributed by atoms with Crippen molar-refractivity contribution in [2.75, 3.05) is 12.0 Å². The van der Waals surface area contributed by atoms with Crippen molar-refractivity contribution in [2.24, 2.45) is 0 Å². The third kappa shape index (κ3) is 3.40. The average Bonchev–Trinajstić information content (AvgIpc) is 3.39. The largest absolute Gasteiger partial charge is 0.508 e. The van der Waals surface area contributed by atoms with Crippen LogP contribution in [0.4, 0.5) is 5.69 Å². The Labute approximate surface area is 188 Å². The zero-order chi connectivity index (χ0) is 23.1. The van der Waals surface area contributed by atoms with Crippen LogP contribution in [0.3, 0.4) is 0 Å². The number of hydrogen-bond acceptors (Lipinski definition) is 6. The summed E-state index contributed by atoms with van der Waals surface area (Å²) in [5.74, 6) is -1.29. The van der Waals surface area contributed by atoms with E-state index in [1.54, 1.807) is 54.6 Å². The van der Waals surface area contributed by atoms with Gasteiger partial charge in [-0.2, -0.15) is 0 Å². The van der Waals surface area contributed by atoms with Crippen LogP contribution in [0, 0.1) is 0 Å². The molecule has 0 fully saturated rings. The van der Waals surface area contributed by atoms with E-state index in [1.807, 2.05) is 12.1 Å². The van der Waals surface area contributed by atoms with Gasteiger partial charge >= 0.3 is 0 Å². The molecule has 7 nitrogen and oxygen atoms in total. The zero-order valence-electron chi connectivity index (χ0n) is 17.6. The summed E-state index contributed by atoms with van der Waals surface area (Å²) >= 11 is 0. The molecule has 5 rings (SSSR count). The van der Waals surface area contributed by atoms with Gasteiger partial charge in [-0.3, -0.25) is 14.5 Å². The van der Waals surface area contributed by atoms with Crippen LogP contribution in [-0.4, -0.2) is 29.0 Å². The molecular weight excluding hydrogens is 422 g/mol. The molecule has 0 aliphatic carbocycles. The number of phenolic OH excluding ortho intramolecular Hbond substituents is 1. The molecule has 2 heterocycles. The molecule has 0 spiro atoms. The predicted molar refractivity (Wildman–Crippen MR) is 122 cm³/mol. The van der Waals surface area contributed by atoms with Gasteiger partial charge in [0.25, 0.3) is 5.91 Å². The third-order valence-corrected chi connectivity index (χ3v) is 5.66. The number of carbonyl (C=O) groups excluding carboxylic acids is 2. The number of rotatable bonds is 5. The van der Waals surface area contributed by atoms with Crippen LogP contribution in [0.5, 0.6) is 11.5 Å². The SMILES string of the molecule is COc1ccc(N2C(=O)C(O)=C(C(=O)c3cc4ccccc4o3)C2c2ccc(O)cc2)cc1. The molecular formula is C26H19NO6. The third-order valence-electron chi connectivity index (χ3n) is 5.66. The molecule has 1 amide bonds. The van der Waals surface area contributed by atoms with Crippen LogP contribution in [0.2, 0.25) is 0 Å². The monoisotopic (exact) mass is 441 g/mol. The van der Waals surface area contributed by atoms with E-state index >= 15 is 0 Å². The highest BCUT2D eigenvalue weighted by atomic mass is 16.5. The first kappa shape index (κ1) is 20.4. The fraction of sp³-hybridized carbons (Fsp3) is 0.0769. The number of furan rings is 1. The van der Waals surface area contributed by atoms with E-state index in [4.69, 9.17) is 9.15 Å². The number of aliphatic hydroxyl groups excluding tert-OH is 1. The molecule has 1 aromatic heterocycles. The van der Waals surface area contributed by atoms with Gasteiger partial charge < -0.3 is 19.4 Å². The lowest BCUT2D eigenvalue weighted by atomic mass is 9.94. The minimum Gasteiger partial charge on any atom is -0.508 e. The van der Waals surface area contributed by atoms with Gasteiger partial charge in [0, 0.05) is 11.1 Å². The number of methoxy groups -OCH3 is 1. The highest BCUT2D eigenvalue weighted by Gasteiger charge is 2.45. The fourth-order valence-corrected chi connectivity index (χ4v) is 4.04. The van der Waals surface area contributed by atoms with E-state index in [2.05, 4.69) is 0 Å². The summed E-state index contributed by atoms with van der Waals surface area (Å²) in [7, 11) is 1.53. The van der Waals surface area contributed by atoms with E-state index in [-0.39, 0.29) is 17.1 Å². The Morgan fingerprint density at radius 1 is 0.970 bits per heavy atom. The van der Waals surface area contributed by atoms with Crippen molar-refractivity contribution in [3.05, 3.63) is 102 Å². The molecule has 2 N–H and O–H groups in total. The summed E-state index contributed by atoms with van der Waals surface area (Å²) in [6.07, 6.45) is 0. The van der Waals surface area contributed by atoms with Crippen LogP contribution >= 0.6 is 0 Å². The van der Waals surface area contributed by atoms with Crippen molar-refractivity contribution in [1.82, 2.24) is 0 Å². The van der Waals surface area contributed by atoms with E-state index in [9.17, 15) is 19.8 Å². The Morgan fingerprint density at radius 3 is 2.33 bits per heavy atom. The highest BCUT2D eigenvalue weighted by Crippen LogP contribution is 2.43. The van der Waals surface area contributed by atoms with Crippen LogP contribution in [0.1, 0.15) is 22.2 Å². The van der Waals surface area contributed by atoms with Crippen LogP contribution in [-0.2, 0) is 4.79 Å². The Hall–Kier alpha value is -4.52. The van der Waals surface area contributed by atoms with E-state index in [0.29, 0.717) is 22.6 Å². The van der Waals surface area contributed by atoms with Gasteiger partial charge in [0.05, 0.1) is 18.7 Å². The second-order valence-corrected chi connectivity index (χ2v) is 7.61. The molecule has 1 aliphatic heterocycles. The lowest BCUT2D eigenvalue weighted by Crippen LogP contribution is -2.31. The topological polar surface area (TPSA) is 100 Å². The molecule has 4 aromatic rings. The number of hydrogen-bond donors (Lipinski definition) is 2. The number of aliphatic hydroxyl groups is 1. The van der Waals surface area contributed by atoms with Crippen molar-refractivity contribution >= 4 is 28.3 Å². The summed E-state index contributed by atoms with van der Waals surface area (Å²) in [6.45, 7) is 0. The second kappa shape index (κ2) is 7.87. The summed E-state index contributed by atoms with van der Waals surface area (Å²) in [6, 6.07) is 20.7. The number of anilines is 1. The minimum atomic E-state index is -0.924. The number of ether oxygens (including phenoxy) is 1. The maximum Gasteiger partial charge on any atom is 0.294 e. The Morgan fingerprint density at radius 2 is 1.67 bits per heavy atom. The highest BCUT2D eigenvalue weighted by molar-refractivity contribution is 6.20. The lowest BCUT2D eigenvalue weighted by molar-refractivity contribution is -0.117. The van der Waals surface area contributed by atoms with Gasteiger partial charge in [-0.05, 0) is 54.1 Å². The lowest BCUT2D eigenvalue weighted by Gasteiger charge is -2.27. The first-order valence-corrected chi connectivity index (χ1v) is 10.2. The molecule has 0 saturated carbocycles. The number of para-hydroxylation sites is 1. The number of aromatic hydroxyl groups is 1. The number of benzene rings is 3. The van der Waals surface area contributed by atoms with Gasteiger partial charge in [0.1, 0.15) is 17.1 Å². The van der Waals surface area contributed by atoms with Crippen molar-refractivity contribution in [3.8, 4) is 11.5 Å². The molecule has 1 aliphatic rings. The van der Waals surface area contributed by atoms with E-state index in [0.717, 1.165) is 5.39 Å². The number of phenols is 1. The summed E-state index contributed by atoms with van der Waals surface area (Å²) in [4.78, 5) is 28.1. The normalized spacial score (nSPS) is 16.0. The number of carbonyl (C=O) groups is 2. The van der Waals surface area contributed by atoms with E-state index < -0.39 is 23.5 Å². The molecule has 164 valence electrons. The number of fused-ring (bicyclic) bond motifs is 1. The zero-order valence-corrected chi connectivity index (χ0v) is 17.6. The van der Waals surface area contributed by atoms with Gasteiger partial charge in [-0.15, -0.1) is 0 Å². The summed E-state index contributed by atoms with van der Waals surface area (Å²) in [5.41, 5.74) is 1.44. The van der Waals surface area contributed by atoms with Crippen molar-refractivity contribution < 1.29 is 29.0 Å². The number of amides is 1. The molecule has 0 radical (unpaired) electrons. The van der Waals surface area contributed by atoms with Crippen molar-refractivity contribution in [1.29, 1.82) is 0 Å². The van der Waals surface area contributed by atoms with Gasteiger partial charge in [-0.25, -0.2) is 0 Å². The number of ketones is 1. The molecule has 1 atom stereocenters. The first-order valence-electron chi connectivity index (χ1n) is 10.2. The number of Topliss-reactive ketones (excluding diaryl/α,β-unsaturated/α-hetero) is 1. The molecule has 0 bridgehead atoms. The minimum absolute atomic E-state index is 0.0194. The van der Waals surface area contributed by atoms with Crippen LogP contribution in [0.15, 0.2) is 94.6 Å². The summed E-state index contributed by atoms with van der Waals surface area (Å²) < 4.78 is 10.9. The van der Waals surface area contributed by atoms with Gasteiger partial charge in [-0.1, -0.05) is 30.3 Å². The summed E-state index contributed by atoms with van der Waals surface area (Å²) in [5, 5.41) is 21.3. The standard InChI is InChI=1S/C26H19NO6/c1-32-19-12-8-17(9-13-19)27-23(15-6-10-18(28)11-7-15)22(25(30)26(27)31)24(29)21-14-16-4-2-3-5-20(16)33-21/h2-14,23,28,30H,1H3. The smallest absolute Gasteiger partial charge is 0.294 e.